The zero-order valence-electron chi connectivity index (χ0n) is 14.3. The normalized spacial score (nSPS) is 15.2. The second kappa shape index (κ2) is 7.94. The molecule has 1 aromatic carbocycles. The third kappa shape index (κ3) is 4.90. The van der Waals surface area contributed by atoms with E-state index in [1.54, 1.807) is 17.9 Å². The first-order chi connectivity index (χ1) is 12.1. The Hall–Kier alpha value is -2.67. The van der Waals surface area contributed by atoms with Gasteiger partial charge in [-0.1, -0.05) is 35.5 Å². The fraction of sp³-hybridized carbons (Fsp3) is 0.389. The second-order valence-electron chi connectivity index (χ2n) is 6.19. The molecular weight excluding hydrogens is 320 g/mol. The molecule has 1 aliphatic rings. The van der Waals surface area contributed by atoms with Crippen LogP contribution in [0.1, 0.15) is 17.7 Å². The number of hydrogen-bond acceptors (Lipinski definition) is 5. The molecule has 25 heavy (non-hydrogen) atoms. The molecule has 0 radical (unpaired) electrons. The van der Waals surface area contributed by atoms with Crippen molar-refractivity contribution in [3.8, 4) is 0 Å². The number of carbonyl (C=O) groups excluding carboxylic acids is 2. The van der Waals surface area contributed by atoms with Crippen LogP contribution in [0.3, 0.4) is 0 Å². The third-order valence-corrected chi connectivity index (χ3v) is 4.18. The van der Waals surface area contributed by atoms with E-state index >= 15 is 0 Å². The van der Waals surface area contributed by atoms with Gasteiger partial charge in [-0.3, -0.25) is 14.5 Å². The monoisotopic (exact) mass is 342 g/mol. The first-order valence-corrected chi connectivity index (χ1v) is 8.37. The molecule has 1 N–H and O–H groups in total. The molecule has 7 nitrogen and oxygen atoms in total. The van der Waals surface area contributed by atoms with E-state index in [4.69, 9.17) is 4.52 Å². The van der Waals surface area contributed by atoms with Gasteiger partial charge in [0.2, 0.25) is 11.8 Å². The van der Waals surface area contributed by atoms with Gasteiger partial charge in [-0.25, -0.2) is 0 Å². The Bertz CT molecular complexity index is 721. The minimum atomic E-state index is -0.370. The maximum atomic E-state index is 12.3. The number of nitrogens with one attached hydrogen (secondary N) is 1. The molecule has 2 heterocycles. The summed E-state index contributed by atoms with van der Waals surface area (Å²) < 4.78 is 4.88. The number of benzene rings is 1. The lowest BCUT2D eigenvalue weighted by Gasteiger charge is -2.34. The summed E-state index contributed by atoms with van der Waals surface area (Å²) >= 11 is 0. The minimum absolute atomic E-state index is 0.155. The van der Waals surface area contributed by atoms with Crippen molar-refractivity contribution in [2.24, 2.45) is 0 Å². The fourth-order valence-electron chi connectivity index (χ4n) is 2.86. The van der Waals surface area contributed by atoms with Crippen molar-refractivity contribution in [2.45, 2.75) is 19.9 Å². The summed E-state index contributed by atoms with van der Waals surface area (Å²) in [4.78, 5) is 28.3. The van der Waals surface area contributed by atoms with Gasteiger partial charge in [-0.15, -0.1) is 0 Å². The molecule has 1 aliphatic heterocycles. The summed E-state index contributed by atoms with van der Waals surface area (Å²) in [6.07, 6.45) is -0.176. The highest BCUT2D eigenvalue weighted by atomic mass is 16.5. The molecule has 2 amide bonds. The highest BCUT2D eigenvalue weighted by Gasteiger charge is 2.23. The van der Waals surface area contributed by atoms with Crippen LogP contribution < -0.4 is 5.32 Å². The Morgan fingerprint density at radius 2 is 1.88 bits per heavy atom. The second-order valence-corrected chi connectivity index (χ2v) is 6.19. The number of aryl methyl sites for hydroxylation is 1. The van der Waals surface area contributed by atoms with Gasteiger partial charge in [0.05, 0.1) is 0 Å². The van der Waals surface area contributed by atoms with E-state index in [9.17, 15) is 9.59 Å². The zero-order valence-corrected chi connectivity index (χ0v) is 14.3. The van der Waals surface area contributed by atoms with Crippen LogP contribution in [0.4, 0.5) is 5.82 Å². The van der Waals surface area contributed by atoms with Gasteiger partial charge in [0.15, 0.2) is 5.82 Å². The lowest BCUT2D eigenvalue weighted by atomic mass is 10.2. The van der Waals surface area contributed by atoms with Gasteiger partial charge in [0.25, 0.3) is 0 Å². The summed E-state index contributed by atoms with van der Waals surface area (Å²) in [6, 6.07) is 11.9. The largest absolute Gasteiger partial charge is 0.360 e. The van der Waals surface area contributed by atoms with E-state index in [1.165, 1.54) is 5.56 Å². The van der Waals surface area contributed by atoms with E-state index in [2.05, 4.69) is 27.5 Å². The van der Waals surface area contributed by atoms with Crippen molar-refractivity contribution in [3.63, 3.8) is 0 Å². The average molecular weight is 342 g/mol. The lowest BCUT2D eigenvalue weighted by molar-refractivity contribution is -0.136. The topological polar surface area (TPSA) is 78.7 Å². The Balaban J connectivity index is 1.42. The van der Waals surface area contributed by atoms with Crippen LogP contribution in [0.5, 0.6) is 0 Å². The predicted octanol–water partition coefficient (Wildman–Crippen LogP) is 1.66. The molecule has 0 bridgehead atoms. The number of amides is 2. The first kappa shape index (κ1) is 17.2. The molecule has 1 aromatic heterocycles. The van der Waals surface area contributed by atoms with Crippen LogP contribution in [-0.2, 0) is 16.1 Å². The Labute approximate surface area is 146 Å². The number of carbonyl (C=O) groups is 2. The first-order valence-electron chi connectivity index (χ1n) is 8.37. The van der Waals surface area contributed by atoms with Crippen molar-refractivity contribution < 1.29 is 14.1 Å². The highest BCUT2D eigenvalue weighted by molar-refractivity contribution is 6.03. The summed E-state index contributed by atoms with van der Waals surface area (Å²) in [7, 11) is 0. The quantitative estimate of drug-likeness (QED) is 0.836. The van der Waals surface area contributed by atoms with Gasteiger partial charge in [-0.2, -0.15) is 0 Å². The van der Waals surface area contributed by atoms with Gasteiger partial charge in [-0.05, 0) is 12.5 Å². The molecule has 0 spiro atoms. The number of hydrogen-bond donors (Lipinski definition) is 1. The van der Waals surface area contributed by atoms with E-state index in [0.29, 0.717) is 24.7 Å². The summed E-state index contributed by atoms with van der Waals surface area (Å²) in [6.45, 7) is 5.52. The Kier molecular flexibility index (Phi) is 5.45. The van der Waals surface area contributed by atoms with Crippen LogP contribution in [0.25, 0.3) is 0 Å². The van der Waals surface area contributed by atoms with Crippen molar-refractivity contribution in [3.05, 3.63) is 47.7 Å². The average Bonchev–Trinajstić information content (AvgIpc) is 3.01. The number of rotatable bonds is 5. The predicted molar refractivity (Wildman–Crippen MR) is 92.8 cm³/mol. The summed E-state index contributed by atoms with van der Waals surface area (Å²) in [5.41, 5.74) is 1.27. The minimum Gasteiger partial charge on any atom is -0.360 e. The highest BCUT2D eigenvalue weighted by Crippen LogP contribution is 2.11. The SMILES string of the molecule is Cc1cc(NC(=O)CC(=O)N2CCN(Cc3ccccc3)CC2)no1. The van der Waals surface area contributed by atoms with Crippen LogP contribution in [-0.4, -0.2) is 52.9 Å². The molecule has 1 fully saturated rings. The molecule has 3 rings (SSSR count). The van der Waals surface area contributed by atoms with Gasteiger partial charge >= 0.3 is 0 Å². The summed E-state index contributed by atoms with van der Waals surface area (Å²) in [5, 5.41) is 6.26. The smallest absolute Gasteiger partial charge is 0.235 e. The van der Waals surface area contributed by atoms with Crippen LogP contribution in [0.2, 0.25) is 0 Å². The molecular formula is C18H22N4O3. The lowest BCUT2D eigenvalue weighted by Crippen LogP contribution is -2.48. The molecule has 7 heteroatoms. The van der Waals surface area contributed by atoms with Crippen LogP contribution in [0.15, 0.2) is 40.9 Å². The molecule has 0 atom stereocenters. The van der Waals surface area contributed by atoms with Gasteiger partial charge in [0, 0.05) is 38.8 Å². The number of anilines is 1. The van der Waals surface area contributed by atoms with Gasteiger partial charge < -0.3 is 14.7 Å². The van der Waals surface area contributed by atoms with E-state index in [1.807, 2.05) is 18.2 Å². The van der Waals surface area contributed by atoms with Crippen LogP contribution in [0, 0.1) is 6.92 Å². The van der Waals surface area contributed by atoms with Gasteiger partial charge in [0.1, 0.15) is 12.2 Å². The molecule has 132 valence electrons. The Morgan fingerprint density at radius 3 is 2.52 bits per heavy atom. The van der Waals surface area contributed by atoms with Crippen molar-refractivity contribution in [1.82, 2.24) is 15.0 Å². The van der Waals surface area contributed by atoms with Crippen LogP contribution >= 0.6 is 0 Å². The fourth-order valence-corrected chi connectivity index (χ4v) is 2.86. The molecule has 1 saturated heterocycles. The van der Waals surface area contributed by atoms with Crippen molar-refractivity contribution in [1.29, 1.82) is 0 Å². The molecule has 0 aliphatic carbocycles. The maximum Gasteiger partial charge on any atom is 0.235 e. The standard InChI is InChI=1S/C18H22N4O3/c1-14-11-16(20-25-14)19-17(23)12-18(24)22-9-7-21(8-10-22)13-15-5-3-2-4-6-15/h2-6,11H,7-10,12-13H2,1H3,(H,19,20,23). The number of piperazine rings is 1. The number of aromatic nitrogens is 1. The maximum absolute atomic E-state index is 12.3. The van der Waals surface area contributed by atoms with Crippen molar-refractivity contribution in [2.75, 3.05) is 31.5 Å². The van der Waals surface area contributed by atoms with E-state index in [-0.39, 0.29) is 18.2 Å². The van der Waals surface area contributed by atoms with E-state index < -0.39 is 0 Å². The summed E-state index contributed by atoms with van der Waals surface area (Å²) in [5.74, 6) is 0.418. The molecule has 2 aromatic rings. The molecule has 0 unspecified atom stereocenters. The third-order valence-electron chi connectivity index (χ3n) is 4.18. The van der Waals surface area contributed by atoms with Crippen molar-refractivity contribution >= 4 is 17.6 Å². The Morgan fingerprint density at radius 1 is 1.16 bits per heavy atom. The van der Waals surface area contributed by atoms with E-state index in [0.717, 1.165) is 19.6 Å². The zero-order chi connectivity index (χ0) is 17.6. The molecule has 0 saturated carbocycles. The number of nitrogens with zero attached hydrogens (tertiary/aromatic N) is 3.